The van der Waals surface area contributed by atoms with Gasteiger partial charge in [0.15, 0.2) is 11.6 Å². The molecule has 4 aliphatic heterocycles. The highest BCUT2D eigenvalue weighted by atomic mass is 35.5. The summed E-state index contributed by atoms with van der Waals surface area (Å²) in [7, 11) is 0. The molecule has 0 bridgehead atoms. The van der Waals surface area contributed by atoms with Gasteiger partial charge in [-0.3, -0.25) is 48.1 Å². The number of piperazine rings is 2. The minimum absolute atomic E-state index is 0.0114. The Morgan fingerprint density at radius 1 is 0.484 bits per heavy atom. The zero-order valence-corrected chi connectivity index (χ0v) is 54.5. The van der Waals surface area contributed by atoms with Crippen LogP contribution in [0, 0.1) is 13.8 Å². The highest BCUT2D eigenvalue weighted by Crippen LogP contribution is 2.28. The monoisotopic (exact) mass is 1300 g/mol. The molecular formula is C72H82Cl2N10O9. The molecule has 2 fully saturated rings. The second kappa shape index (κ2) is 33.3. The highest BCUT2D eigenvalue weighted by molar-refractivity contribution is 6.31. The van der Waals surface area contributed by atoms with E-state index in [1.54, 1.807) is 102 Å². The van der Waals surface area contributed by atoms with E-state index in [0.29, 0.717) is 91.1 Å². The lowest BCUT2D eigenvalue weighted by atomic mass is 9.92. The number of anilines is 2. The van der Waals surface area contributed by atoms with Crippen molar-refractivity contribution in [2.75, 3.05) is 76.1 Å². The molecule has 488 valence electrons. The van der Waals surface area contributed by atoms with E-state index in [4.69, 9.17) is 23.2 Å². The maximum absolute atomic E-state index is 14.1. The van der Waals surface area contributed by atoms with Gasteiger partial charge in [0, 0.05) is 157 Å². The van der Waals surface area contributed by atoms with Crippen LogP contribution < -0.4 is 26.6 Å². The summed E-state index contributed by atoms with van der Waals surface area (Å²) in [5, 5.41) is 16.4. The molecule has 4 atom stereocenters. The van der Waals surface area contributed by atoms with Gasteiger partial charge in [-0.2, -0.15) is 0 Å². The quantitative estimate of drug-likeness (QED) is 0.0405. The summed E-state index contributed by atoms with van der Waals surface area (Å²) in [6.07, 6.45) is 1.37. The highest BCUT2D eigenvalue weighted by Gasteiger charge is 2.39. The van der Waals surface area contributed by atoms with Gasteiger partial charge < -0.3 is 46.2 Å². The lowest BCUT2D eigenvalue weighted by Gasteiger charge is -2.37. The molecule has 6 aromatic rings. The molecule has 0 unspecified atom stereocenters. The topological polar surface area (TPSA) is 230 Å². The first kappa shape index (κ1) is 68.8. The third kappa shape index (κ3) is 19.3. The maximum atomic E-state index is 14.1. The molecule has 0 radical (unpaired) electrons. The van der Waals surface area contributed by atoms with Gasteiger partial charge in [-0.1, -0.05) is 132 Å². The first-order valence-electron chi connectivity index (χ1n) is 31.9. The Morgan fingerprint density at radius 2 is 0.871 bits per heavy atom. The van der Waals surface area contributed by atoms with E-state index in [1.807, 2.05) is 74.5 Å². The van der Waals surface area contributed by atoms with Crippen LogP contribution in [0.25, 0.3) is 0 Å². The van der Waals surface area contributed by atoms with E-state index in [0.717, 1.165) is 59.6 Å². The van der Waals surface area contributed by atoms with Crippen molar-refractivity contribution in [1.82, 2.24) is 40.4 Å². The Bertz CT molecular complexity index is 3650. The van der Waals surface area contributed by atoms with Crippen molar-refractivity contribution in [1.29, 1.82) is 0 Å². The summed E-state index contributed by atoms with van der Waals surface area (Å²) in [4.78, 5) is 129. The lowest BCUT2D eigenvalue weighted by Crippen LogP contribution is -2.56. The minimum Gasteiger partial charge on any atom is -0.342 e. The number of aryl methyl sites for hydroxylation is 2. The van der Waals surface area contributed by atoms with Gasteiger partial charge in [0.2, 0.25) is 41.4 Å². The molecule has 6 aromatic carbocycles. The first-order valence-corrected chi connectivity index (χ1v) is 32.7. The van der Waals surface area contributed by atoms with Crippen LogP contribution in [0.3, 0.4) is 0 Å². The van der Waals surface area contributed by atoms with E-state index in [2.05, 4.69) is 36.4 Å². The van der Waals surface area contributed by atoms with Crippen LogP contribution in [0.2, 0.25) is 10.0 Å². The molecule has 19 nitrogen and oxygen atoms in total. The average molecular weight is 1300 g/mol. The summed E-state index contributed by atoms with van der Waals surface area (Å²) < 4.78 is 0. The zero-order chi connectivity index (χ0) is 66.0. The molecule has 93 heavy (non-hydrogen) atoms. The molecular weight excluding hydrogens is 1220 g/mol. The second-order valence-corrected chi connectivity index (χ2v) is 25.0. The van der Waals surface area contributed by atoms with Gasteiger partial charge in [-0.15, -0.1) is 0 Å². The molecule has 0 spiro atoms. The predicted octanol–water partition coefficient (Wildman–Crippen LogP) is 8.23. The van der Waals surface area contributed by atoms with E-state index in [1.165, 1.54) is 4.90 Å². The van der Waals surface area contributed by atoms with E-state index in [-0.39, 0.29) is 92.2 Å². The molecule has 21 heteroatoms. The summed E-state index contributed by atoms with van der Waals surface area (Å²) in [6, 6.07) is 40.2. The summed E-state index contributed by atoms with van der Waals surface area (Å²) >= 11 is 12.4. The third-order valence-corrected chi connectivity index (χ3v) is 18.5. The maximum Gasteiger partial charge on any atom is 0.246 e. The number of benzene rings is 6. The van der Waals surface area contributed by atoms with Crippen molar-refractivity contribution in [3.8, 4) is 0 Å². The van der Waals surface area contributed by atoms with Gasteiger partial charge in [0.25, 0.3) is 0 Å². The Morgan fingerprint density at radius 3 is 1.27 bits per heavy atom. The van der Waals surface area contributed by atoms with Crippen molar-refractivity contribution in [3.05, 3.63) is 200 Å². The third-order valence-electron chi connectivity index (χ3n) is 17.7. The first-order chi connectivity index (χ1) is 44.9. The Labute approximate surface area is 553 Å². The molecule has 5 N–H and O–H groups in total. The average Bonchev–Trinajstić information content (AvgIpc) is 0.830. The Balaban J connectivity index is 0.000000220. The summed E-state index contributed by atoms with van der Waals surface area (Å²) in [6.45, 7) is 12.9. The smallest absolute Gasteiger partial charge is 0.246 e. The second-order valence-electron chi connectivity index (χ2n) is 24.1. The fourth-order valence-electron chi connectivity index (χ4n) is 12.1. The number of carbonyl (C=O) groups excluding carboxylic acids is 9. The van der Waals surface area contributed by atoms with Crippen LogP contribution >= 0.6 is 23.2 Å². The molecule has 4 aliphatic rings. The molecule has 0 saturated carbocycles. The van der Waals surface area contributed by atoms with Crippen molar-refractivity contribution in [2.24, 2.45) is 0 Å². The van der Waals surface area contributed by atoms with Crippen LogP contribution in [0.15, 0.2) is 146 Å². The number of rotatable bonds is 22. The van der Waals surface area contributed by atoms with E-state index in [9.17, 15) is 43.2 Å². The fourth-order valence-corrected chi connectivity index (χ4v) is 12.4. The van der Waals surface area contributed by atoms with Gasteiger partial charge in [-0.05, 0) is 96.5 Å². The van der Waals surface area contributed by atoms with Gasteiger partial charge in [-0.25, -0.2) is 0 Å². The van der Waals surface area contributed by atoms with Gasteiger partial charge in [0.05, 0.1) is 0 Å². The molecule has 10 rings (SSSR count). The largest absolute Gasteiger partial charge is 0.342 e. The number of nitrogens with one attached hydrogen (secondary N) is 5. The van der Waals surface area contributed by atoms with Crippen LogP contribution in [0.1, 0.15) is 99.5 Å². The Kier molecular flexibility index (Phi) is 24.6. The number of Topliss-reactive ketones (excluding diaryl/α,β-unsaturated/α-hetero) is 2. The van der Waals surface area contributed by atoms with Gasteiger partial charge >= 0.3 is 0 Å². The SMILES string of the molecule is CC(=O)N1CCN(CC[C@H](NC(=O)[C@@H]2Cc3ccccc3CN2C(=O)CCC(=O)c2ccccc2)C(=O)Nc2ccc(Cl)c(C)c2)CC1.Cc1cc(NC(=O)[C@H](CCN2CCNCC2)NC(=O)[C@@H]2Cc3ccccc3CN2C(=O)CCC(=O)c2ccccc2)ccc1Cl. The number of fused-ring (bicyclic) bond motifs is 2. The number of carbonyl (C=O) groups is 9. The summed E-state index contributed by atoms with van der Waals surface area (Å²) in [5.74, 6) is -2.32. The van der Waals surface area contributed by atoms with Gasteiger partial charge in [0.1, 0.15) is 24.2 Å². The van der Waals surface area contributed by atoms with Crippen molar-refractivity contribution < 1.29 is 43.2 Å². The number of hydrogen-bond acceptors (Lipinski definition) is 12. The van der Waals surface area contributed by atoms with Crippen LogP contribution in [0.4, 0.5) is 11.4 Å². The lowest BCUT2D eigenvalue weighted by molar-refractivity contribution is -0.142. The Hall–Kier alpha value is -8.59. The number of ketones is 2. The molecule has 4 heterocycles. The predicted molar refractivity (Wildman–Crippen MR) is 360 cm³/mol. The van der Waals surface area contributed by atoms with Crippen LogP contribution in [-0.4, -0.2) is 167 Å². The van der Waals surface area contributed by atoms with E-state index >= 15 is 0 Å². The zero-order valence-electron chi connectivity index (χ0n) is 53.0. The molecule has 0 aromatic heterocycles. The molecule has 0 aliphatic carbocycles. The number of hydrogen-bond donors (Lipinski definition) is 5. The number of halogens is 2. The normalized spacial score (nSPS) is 17.0. The van der Waals surface area contributed by atoms with Crippen molar-refractivity contribution >= 4 is 87.5 Å². The summed E-state index contributed by atoms with van der Waals surface area (Å²) in [5.41, 5.74) is 7.74. The molecule has 2 saturated heterocycles. The number of nitrogens with zero attached hydrogens (tertiary/aromatic N) is 5. The van der Waals surface area contributed by atoms with Crippen molar-refractivity contribution in [3.63, 3.8) is 0 Å². The molecule has 7 amide bonds. The fraction of sp³-hybridized carbons (Fsp3) is 0.375. The van der Waals surface area contributed by atoms with E-state index < -0.39 is 30.1 Å². The van der Waals surface area contributed by atoms with Crippen LogP contribution in [0.5, 0.6) is 0 Å². The minimum atomic E-state index is -0.895. The standard InChI is InChI=1S/C37H42ClN5O5.C35H40ClN5O4/c1-25-22-30(12-13-31(25)38)39-36(47)32(16-17-41-18-20-42(21-19-41)26(2)44)40-37(48)33-23-28-10-6-7-11-29(28)24-43(33)35(46)15-14-34(45)27-8-4-3-5-9-27;1-24-21-28(11-12-29(24)36)38-34(44)30(15-18-40-19-16-37-17-20-40)39-35(45)31-22-26-9-5-6-10-27(26)23-41(31)33(43)14-13-32(42)25-7-3-2-4-8-25/h3-13,22,32-33H,14-21,23-24H2,1-2H3,(H,39,47)(H,40,48);2-12,21,30-31,37H,13-20,22-23H2,1H3,(H,38,44)(H,39,45)/t32-,33-;30-,31-/m00/s1. The van der Waals surface area contributed by atoms with Crippen molar-refractivity contribution in [2.45, 2.75) is 109 Å². The number of amides is 7. The van der Waals surface area contributed by atoms with Crippen LogP contribution in [-0.2, 0) is 59.5 Å².